The van der Waals surface area contributed by atoms with Crippen LogP contribution < -0.4 is 0 Å². The minimum Gasteiger partial charge on any atom is -0.469 e. The Hall–Kier alpha value is -0.870. The molecule has 0 saturated heterocycles. The van der Waals surface area contributed by atoms with Crippen LogP contribution in [0.4, 0.5) is 0 Å². The van der Waals surface area contributed by atoms with Gasteiger partial charge in [0.2, 0.25) is 0 Å². The number of esters is 1. The summed E-state index contributed by atoms with van der Waals surface area (Å²) in [6.45, 7) is 0. The lowest BCUT2D eigenvalue weighted by Gasteiger charge is -2.00. The SMILES string of the molecule is COC(=O)Cc1csc2ccc(CBr)cc12. The number of carbonyl (C=O) groups excluding carboxylic acids is 1. The molecule has 0 bridgehead atoms. The van der Waals surface area contributed by atoms with E-state index in [1.165, 1.54) is 17.4 Å². The van der Waals surface area contributed by atoms with E-state index in [2.05, 4.69) is 38.9 Å². The quantitative estimate of drug-likeness (QED) is 0.640. The first-order chi connectivity index (χ1) is 7.74. The maximum atomic E-state index is 11.3. The maximum Gasteiger partial charge on any atom is 0.310 e. The molecule has 0 aliphatic carbocycles. The normalized spacial score (nSPS) is 10.6. The Morgan fingerprint density at radius 2 is 2.31 bits per heavy atom. The van der Waals surface area contributed by atoms with E-state index < -0.39 is 0 Å². The number of ether oxygens (including phenoxy) is 1. The van der Waals surface area contributed by atoms with E-state index in [-0.39, 0.29) is 5.97 Å². The predicted molar refractivity (Wildman–Crippen MR) is 70.2 cm³/mol. The Kier molecular flexibility index (Phi) is 3.61. The third kappa shape index (κ3) is 2.28. The van der Waals surface area contributed by atoms with E-state index in [9.17, 15) is 4.79 Å². The molecule has 0 spiro atoms. The molecule has 84 valence electrons. The van der Waals surface area contributed by atoms with Gasteiger partial charge in [-0.3, -0.25) is 4.79 Å². The van der Waals surface area contributed by atoms with Crippen molar-refractivity contribution in [3.63, 3.8) is 0 Å². The predicted octanol–water partition coefficient (Wildman–Crippen LogP) is 3.51. The molecule has 0 radical (unpaired) electrons. The fourth-order valence-corrected chi connectivity index (χ4v) is 2.87. The molecule has 16 heavy (non-hydrogen) atoms. The lowest BCUT2D eigenvalue weighted by atomic mass is 10.1. The van der Waals surface area contributed by atoms with Gasteiger partial charge in [0.15, 0.2) is 0 Å². The number of hydrogen-bond donors (Lipinski definition) is 0. The molecule has 2 nitrogen and oxygen atoms in total. The zero-order valence-corrected chi connectivity index (χ0v) is 11.2. The minimum absolute atomic E-state index is 0.191. The lowest BCUT2D eigenvalue weighted by molar-refractivity contribution is -0.139. The maximum absolute atomic E-state index is 11.3. The van der Waals surface area contributed by atoms with Crippen molar-refractivity contribution in [1.82, 2.24) is 0 Å². The van der Waals surface area contributed by atoms with Crippen LogP contribution >= 0.6 is 27.3 Å². The molecule has 1 aromatic carbocycles. The zero-order chi connectivity index (χ0) is 11.5. The van der Waals surface area contributed by atoms with E-state index in [0.717, 1.165) is 16.3 Å². The van der Waals surface area contributed by atoms with E-state index in [1.807, 2.05) is 5.38 Å². The summed E-state index contributed by atoms with van der Waals surface area (Å²) < 4.78 is 5.90. The number of benzene rings is 1. The second-order valence-corrected chi connectivity index (χ2v) is 4.95. The highest BCUT2D eigenvalue weighted by Gasteiger charge is 2.09. The summed E-state index contributed by atoms with van der Waals surface area (Å²) >= 11 is 5.09. The van der Waals surface area contributed by atoms with Crippen molar-refractivity contribution < 1.29 is 9.53 Å². The Morgan fingerprint density at radius 3 is 3.00 bits per heavy atom. The third-order valence-electron chi connectivity index (χ3n) is 2.43. The molecule has 0 N–H and O–H groups in total. The number of methoxy groups -OCH3 is 1. The Balaban J connectivity index is 2.41. The Morgan fingerprint density at radius 1 is 1.50 bits per heavy atom. The van der Waals surface area contributed by atoms with Crippen LogP contribution in [-0.2, 0) is 21.3 Å². The van der Waals surface area contributed by atoms with Gasteiger partial charge in [0.05, 0.1) is 13.5 Å². The van der Waals surface area contributed by atoms with Crippen molar-refractivity contribution in [2.24, 2.45) is 0 Å². The van der Waals surface area contributed by atoms with E-state index >= 15 is 0 Å². The molecule has 0 amide bonds. The monoisotopic (exact) mass is 298 g/mol. The number of thiophene rings is 1. The molecule has 2 aromatic rings. The van der Waals surface area contributed by atoms with Crippen LogP contribution in [0, 0.1) is 0 Å². The first-order valence-electron chi connectivity index (χ1n) is 4.86. The molecular formula is C12H11BrO2S. The number of fused-ring (bicyclic) bond motifs is 1. The highest BCUT2D eigenvalue weighted by atomic mass is 79.9. The van der Waals surface area contributed by atoms with Crippen molar-refractivity contribution in [2.75, 3.05) is 7.11 Å². The van der Waals surface area contributed by atoms with Crippen LogP contribution in [0.15, 0.2) is 23.6 Å². The number of halogens is 1. The second kappa shape index (κ2) is 4.97. The Bertz CT molecular complexity index is 519. The molecule has 0 fully saturated rings. The minimum atomic E-state index is -0.191. The average molecular weight is 299 g/mol. The van der Waals surface area contributed by atoms with Crippen LogP contribution in [0.2, 0.25) is 0 Å². The van der Waals surface area contributed by atoms with Gasteiger partial charge in [0.1, 0.15) is 0 Å². The zero-order valence-electron chi connectivity index (χ0n) is 8.83. The number of carbonyl (C=O) groups is 1. The molecule has 1 aromatic heterocycles. The van der Waals surface area contributed by atoms with Gasteiger partial charge in [0.25, 0.3) is 0 Å². The molecule has 0 atom stereocenters. The van der Waals surface area contributed by atoms with Crippen LogP contribution in [0.1, 0.15) is 11.1 Å². The van der Waals surface area contributed by atoms with Gasteiger partial charge in [-0.2, -0.15) is 0 Å². The van der Waals surface area contributed by atoms with Gasteiger partial charge in [-0.15, -0.1) is 11.3 Å². The fourth-order valence-electron chi connectivity index (χ4n) is 1.58. The standard InChI is InChI=1S/C12H11BrO2S/c1-15-12(14)5-9-7-16-11-3-2-8(6-13)4-10(9)11/h2-4,7H,5-6H2,1H3. The van der Waals surface area contributed by atoms with Crippen molar-refractivity contribution in [1.29, 1.82) is 0 Å². The average Bonchev–Trinajstić information content (AvgIpc) is 2.71. The van der Waals surface area contributed by atoms with Gasteiger partial charge < -0.3 is 4.74 Å². The summed E-state index contributed by atoms with van der Waals surface area (Å²) in [5.74, 6) is -0.191. The van der Waals surface area contributed by atoms with Gasteiger partial charge >= 0.3 is 5.97 Å². The van der Waals surface area contributed by atoms with Crippen LogP contribution in [0.5, 0.6) is 0 Å². The number of hydrogen-bond acceptors (Lipinski definition) is 3. The molecular weight excluding hydrogens is 288 g/mol. The van der Waals surface area contributed by atoms with Crippen molar-refractivity contribution in [2.45, 2.75) is 11.8 Å². The fraction of sp³-hybridized carbons (Fsp3) is 0.250. The highest BCUT2D eigenvalue weighted by Crippen LogP contribution is 2.28. The summed E-state index contributed by atoms with van der Waals surface area (Å²) in [7, 11) is 1.42. The summed E-state index contributed by atoms with van der Waals surface area (Å²) in [5.41, 5.74) is 2.27. The van der Waals surface area contributed by atoms with Gasteiger partial charge in [-0.1, -0.05) is 22.0 Å². The van der Waals surface area contributed by atoms with Gasteiger partial charge in [-0.25, -0.2) is 0 Å². The van der Waals surface area contributed by atoms with Gasteiger partial charge in [0, 0.05) is 10.0 Å². The molecule has 1 heterocycles. The first kappa shape index (κ1) is 11.6. The van der Waals surface area contributed by atoms with Crippen LogP contribution in [-0.4, -0.2) is 13.1 Å². The van der Waals surface area contributed by atoms with Crippen LogP contribution in [0.25, 0.3) is 10.1 Å². The summed E-state index contributed by atoms with van der Waals surface area (Å²) in [5, 5.41) is 4.02. The van der Waals surface area contributed by atoms with E-state index in [4.69, 9.17) is 0 Å². The second-order valence-electron chi connectivity index (χ2n) is 3.48. The Labute approximate surface area is 106 Å². The topological polar surface area (TPSA) is 26.3 Å². The molecule has 0 unspecified atom stereocenters. The molecule has 0 aliphatic heterocycles. The first-order valence-corrected chi connectivity index (χ1v) is 6.86. The van der Waals surface area contributed by atoms with Crippen LogP contribution in [0.3, 0.4) is 0 Å². The number of alkyl halides is 1. The largest absolute Gasteiger partial charge is 0.469 e. The third-order valence-corrected chi connectivity index (χ3v) is 4.09. The summed E-state index contributed by atoms with van der Waals surface area (Å²) in [6.07, 6.45) is 0.349. The van der Waals surface area contributed by atoms with Crippen molar-refractivity contribution >= 4 is 43.3 Å². The molecule has 0 aliphatic rings. The van der Waals surface area contributed by atoms with Crippen molar-refractivity contribution in [3.8, 4) is 0 Å². The molecule has 0 saturated carbocycles. The summed E-state index contributed by atoms with van der Waals surface area (Å²) in [6, 6.07) is 6.31. The highest BCUT2D eigenvalue weighted by molar-refractivity contribution is 9.08. The van der Waals surface area contributed by atoms with E-state index in [1.54, 1.807) is 11.3 Å². The number of rotatable bonds is 3. The summed E-state index contributed by atoms with van der Waals surface area (Å²) in [4.78, 5) is 11.3. The van der Waals surface area contributed by atoms with Crippen molar-refractivity contribution in [3.05, 3.63) is 34.7 Å². The van der Waals surface area contributed by atoms with E-state index in [0.29, 0.717) is 6.42 Å². The lowest BCUT2D eigenvalue weighted by Crippen LogP contribution is -2.03. The molecule has 4 heteroatoms. The molecule has 2 rings (SSSR count). The van der Waals surface area contributed by atoms with Gasteiger partial charge in [-0.05, 0) is 34.0 Å². The smallest absolute Gasteiger partial charge is 0.310 e.